The normalized spacial score (nSPS) is 12.1. The number of benzene rings is 1. The van der Waals surface area contributed by atoms with Gasteiger partial charge in [0.05, 0.1) is 0 Å². The number of aromatic nitrogens is 3. The average molecular weight is 330 g/mol. The summed E-state index contributed by atoms with van der Waals surface area (Å²) in [5, 5.41) is 16.7. The van der Waals surface area contributed by atoms with E-state index in [1.54, 1.807) is 19.2 Å². The van der Waals surface area contributed by atoms with Crippen LogP contribution in [0.2, 0.25) is 0 Å². The van der Waals surface area contributed by atoms with Crippen LogP contribution in [-0.4, -0.2) is 25.7 Å². The number of imidazole rings is 1. The van der Waals surface area contributed by atoms with Gasteiger partial charge in [-0.15, -0.1) is 0 Å². The molecule has 1 aromatic carbocycles. The fraction of sp³-hybridized carbons (Fsp3) is 0.188. The number of nitrogens with zero attached hydrogens (tertiary/aromatic N) is 3. The number of aliphatic hydroxyl groups excluding tert-OH is 1. The molecule has 2 aromatic heterocycles. The second-order valence-corrected chi connectivity index (χ2v) is 5.24. The van der Waals surface area contributed by atoms with Gasteiger partial charge in [0, 0.05) is 18.5 Å². The maximum absolute atomic E-state index is 13.0. The van der Waals surface area contributed by atoms with Crippen molar-refractivity contribution in [2.45, 2.75) is 19.6 Å². The third kappa shape index (κ3) is 3.49. The Morgan fingerprint density at radius 3 is 2.83 bits per heavy atom. The van der Waals surface area contributed by atoms with Gasteiger partial charge in [0.2, 0.25) is 5.91 Å². The van der Waals surface area contributed by atoms with Gasteiger partial charge in [-0.2, -0.15) is 0 Å². The number of amides is 1. The summed E-state index contributed by atoms with van der Waals surface area (Å²) in [6.07, 6.45) is 1.99. The minimum atomic E-state index is -1.07. The SMILES string of the molecule is Cc1cc(NC(=O)Cn2ccnc2C(O)c2ccc(F)cc2)no1. The van der Waals surface area contributed by atoms with Crippen molar-refractivity contribution in [2.75, 3.05) is 5.32 Å². The Kier molecular flexibility index (Phi) is 4.39. The van der Waals surface area contributed by atoms with Gasteiger partial charge in [0.25, 0.3) is 0 Å². The highest BCUT2D eigenvalue weighted by molar-refractivity contribution is 5.89. The number of carbonyl (C=O) groups excluding carboxylic acids is 1. The van der Waals surface area contributed by atoms with E-state index in [4.69, 9.17) is 4.52 Å². The number of hydrogen-bond donors (Lipinski definition) is 2. The molecule has 0 aliphatic rings. The molecule has 8 heteroatoms. The summed E-state index contributed by atoms with van der Waals surface area (Å²) in [5.74, 6) is 0.456. The molecule has 124 valence electrons. The van der Waals surface area contributed by atoms with Gasteiger partial charge in [-0.25, -0.2) is 9.37 Å². The molecule has 0 saturated heterocycles. The Morgan fingerprint density at radius 2 is 2.17 bits per heavy atom. The lowest BCUT2D eigenvalue weighted by Gasteiger charge is -2.13. The largest absolute Gasteiger partial charge is 0.380 e. The first-order valence-corrected chi connectivity index (χ1v) is 7.20. The fourth-order valence-corrected chi connectivity index (χ4v) is 2.26. The minimum Gasteiger partial charge on any atom is -0.380 e. The number of nitrogens with one attached hydrogen (secondary N) is 1. The predicted molar refractivity (Wildman–Crippen MR) is 82.6 cm³/mol. The van der Waals surface area contributed by atoms with E-state index in [1.807, 2.05) is 0 Å². The predicted octanol–water partition coefficient (Wildman–Crippen LogP) is 2.04. The summed E-state index contributed by atoms with van der Waals surface area (Å²) in [6.45, 7) is 1.66. The van der Waals surface area contributed by atoms with E-state index in [0.717, 1.165) is 0 Å². The molecule has 3 rings (SSSR count). The number of aliphatic hydroxyl groups is 1. The maximum Gasteiger partial charge on any atom is 0.245 e. The summed E-state index contributed by atoms with van der Waals surface area (Å²) in [6, 6.07) is 7.05. The number of hydrogen-bond acceptors (Lipinski definition) is 5. The fourth-order valence-electron chi connectivity index (χ4n) is 2.26. The zero-order valence-electron chi connectivity index (χ0n) is 12.8. The van der Waals surface area contributed by atoms with Crippen molar-refractivity contribution >= 4 is 11.7 Å². The molecule has 0 bridgehead atoms. The van der Waals surface area contributed by atoms with Crippen molar-refractivity contribution in [3.8, 4) is 0 Å². The topological polar surface area (TPSA) is 93.2 Å². The summed E-state index contributed by atoms with van der Waals surface area (Å²) in [7, 11) is 0. The van der Waals surface area contributed by atoms with E-state index >= 15 is 0 Å². The van der Waals surface area contributed by atoms with Crippen LogP contribution in [-0.2, 0) is 11.3 Å². The first-order valence-electron chi connectivity index (χ1n) is 7.20. The van der Waals surface area contributed by atoms with Crippen molar-refractivity contribution in [1.29, 1.82) is 0 Å². The van der Waals surface area contributed by atoms with Gasteiger partial charge in [0.15, 0.2) is 5.82 Å². The molecule has 0 fully saturated rings. The van der Waals surface area contributed by atoms with E-state index < -0.39 is 11.9 Å². The van der Waals surface area contributed by atoms with E-state index in [-0.39, 0.29) is 18.3 Å². The van der Waals surface area contributed by atoms with Crippen LogP contribution in [0, 0.1) is 12.7 Å². The van der Waals surface area contributed by atoms with Crippen LogP contribution in [0.4, 0.5) is 10.2 Å². The number of anilines is 1. The Bertz CT molecular complexity index is 841. The minimum absolute atomic E-state index is 0.0561. The van der Waals surface area contributed by atoms with E-state index in [2.05, 4.69) is 15.5 Å². The summed E-state index contributed by atoms with van der Waals surface area (Å²) in [4.78, 5) is 16.2. The molecule has 0 aliphatic heterocycles. The molecule has 24 heavy (non-hydrogen) atoms. The van der Waals surface area contributed by atoms with Crippen molar-refractivity contribution in [1.82, 2.24) is 14.7 Å². The van der Waals surface area contributed by atoms with Gasteiger partial charge in [-0.3, -0.25) is 4.79 Å². The molecular weight excluding hydrogens is 315 g/mol. The monoisotopic (exact) mass is 330 g/mol. The molecule has 0 spiro atoms. The van der Waals surface area contributed by atoms with Crippen LogP contribution < -0.4 is 5.32 Å². The highest BCUT2D eigenvalue weighted by Gasteiger charge is 2.18. The van der Waals surface area contributed by atoms with Crippen LogP contribution in [0.25, 0.3) is 0 Å². The van der Waals surface area contributed by atoms with Gasteiger partial charge >= 0.3 is 0 Å². The van der Waals surface area contributed by atoms with Crippen molar-refractivity contribution in [3.63, 3.8) is 0 Å². The summed E-state index contributed by atoms with van der Waals surface area (Å²) >= 11 is 0. The quantitative estimate of drug-likeness (QED) is 0.747. The third-order valence-corrected chi connectivity index (χ3v) is 3.39. The molecule has 1 unspecified atom stereocenters. The van der Waals surface area contributed by atoms with Crippen LogP contribution in [0.1, 0.15) is 23.3 Å². The molecule has 0 aliphatic carbocycles. The van der Waals surface area contributed by atoms with E-state index in [1.165, 1.54) is 35.0 Å². The summed E-state index contributed by atoms with van der Waals surface area (Å²) in [5.41, 5.74) is 0.483. The standard InChI is InChI=1S/C16H15FN4O3/c1-10-8-13(20-24-10)19-14(22)9-21-7-6-18-16(21)15(23)11-2-4-12(17)5-3-11/h2-8,15,23H,9H2,1H3,(H,19,20,22). The Hall–Kier alpha value is -3.00. The molecule has 2 N–H and O–H groups in total. The molecule has 1 amide bonds. The molecule has 0 radical (unpaired) electrons. The smallest absolute Gasteiger partial charge is 0.245 e. The van der Waals surface area contributed by atoms with Gasteiger partial charge in [0.1, 0.15) is 30.1 Å². The Morgan fingerprint density at radius 1 is 1.42 bits per heavy atom. The van der Waals surface area contributed by atoms with Crippen molar-refractivity contribution < 1.29 is 18.8 Å². The zero-order chi connectivity index (χ0) is 17.1. The van der Waals surface area contributed by atoms with E-state index in [9.17, 15) is 14.3 Å². The third-order valence-electron chi connectivity index (χ3n) is 3.39. The lowest BCUT2D eigenvalue weighted by atomic mass is 10.1. The molecule has 3 aromatic rings. The molecular formula is C16H15FN4O3. The molecule has 1 atom stereocenters. The van der Waals surface area contributed by atoms with Crippen molar-refractivity contribution in [2.24, 2.45) is 0 Å². The molecule has 7 nitrogen and oxygen atoms in total. The first kappa shape index (κ1) is 15.9. The Balaban J connectivity index is 1.72. The second-order valence-electron chi connectivity index (χ2n) is 5.24. The second kappa shape index (κ2) is 6.63. The summed E-state index contributed by atoms with van der Waals surface area (Å²) < 4.78 is 19.4. The van der Waals surface area contributed by atoms with Gasteiger partial charge < -0.3 is 19.5 Å². The van der Waals surface area contributed by atoms with Crippen molar-refractivity contribution in [3.05, 3.63) is 65.7 Å². The highest BCUT2D eigenvalue weighted by atomic mass is 19.1. The lowest BCUT2D eigenvalue weighted by molar-refractivity contribution is -0.116. The number of rotatable bonds is 5. The molecule has 2 heterocycles. The van der Waals surface area contributed by atoms with Crippen LogP contribution in [0.15, 0.2) is 47.2 Å². The van der Waals surface area contributed by atoms with E-state index in [0.29, 0.717) is 17.1 Å². The first-order chi connectivity index (χ1) is 11.5. The van der Waals surface area contributed by atoms with Gasteiger partial charge in [-0.1, -0.05) is 17.3 Å². The number of aryl methyl sites for hydroxylation is 1. The highest BCUT2D eigenvalue weighted by Crippen LogP contribution is 2.21. The maximum atomic E-state index is 13.0. The van der Waals surface area contributed by atoms with Crippen LogP contribution in [0.5, 0.6) is 0 Å². The number of halogens is 1. The van der Waals surface area contributed by atoms with Crippen LogP contribution >= 0.6 is 0 Å². The van der Waals surface area contributed by atoms with Gasteiger partial charge in [-0.05, 0) is 24.6 Å². The average Bonchev–Trinajstić information content (AvgIpc) is 3.16. The van der Waals surface area contributed by atoms with Crippen LogP contribution in [0.3, 0.4) is 0 Å². The molecule has 0 saturated carbocycles. The number of carbonyl (C=O) groups is 1. The Labute approximate surface area is 136 Å². The lowest BCUT2D eigenvalue weighted by Crippen LogP contribution is -2.21. The zero-order valence-corrected chi connectivity index (χ0v) is 12.8.